The van der Waals surface area contributed by atoms with Gasteiger partial charge in [0.1, 0.15) is 11.8 Å². The summed E-state index contributed by atoms with van der Waals surface area (Å²) in [4.78, 5) is 27.6. The number of nitrogens with one attached hydrogen (secondary N) is 1. The molecule has 0 aliphatic heterocycles. The molecule has 0 unspecified atom stereocenters. The van der Waals surface area contributed by atoms with E-state index < -0.39 is 6.04 Å². The summed E-state index contributed by atoms with van der Waals surface area (Å²) in [5, 5.41) is 3.14. The molecule has 1 saturated carbocycles. The number of para-hydroxylation sites is 1. The first kappa shape index (κ1) is 22.3. The maximum atomic E-state index is 13.1. The summed E-state index contributed by atoms with van der Waals surface area (Å²) in [6.07, 6.45) is 5.53. The molecule has 2 aromatic rings. The Balaban J connectivity index is 1.69. The molecule has 1 N–H and O–H groups in total. The largest absolute Gasteiger partial charge is 0.484 e. The van der Waals surface area contributed by atoms with Gasteiger partial charge in [-0.25, -0.2) is 0 Å². The number of carbonyl (C=O) groups excluding carboxylic acids is 2. The van der Waals surface area contributed by atoms with Crippen molar-refractivity contribution in [2.24, 2.45) is 0 Å². The molecule has 6 heteroatoms. The van der Waals surface area contributed by atoms with Gasteiger partial charge >= 0.3 is 0 Å². The minimum absolute atomic E-state index is 0.107. The third kappa shape index (κ3) is 6.59. The summed E-state index contributed by atoms with van der Waals surface area (Å²) in [7, 11) is 0. The third-order valence-corrected chi connectivity index (χ3v) is 5.96. The van der Waals surface area contributed by atoms with Crippen molar-refractivity contribution in [1.82, 2.24) is 10.2 Å². The third-order valence-electron chi connectivity index (χ3n) is 5.47. The van der Waals surface area contributed by atoms with Gasteiger partial charge in [0.05, 0.1) is 0 Å². The summed E-state index contributed by atoms with van der Waals surface area (Å²) in [5.74, 6) is 0.308. The van der Waals surface area contributed by atoms with E-state index in [0.717, 1.165) is 35.7 Å². The molecular weight excluding hydrogens is 444 g/mol. The second kappa shape index (κ2) is 11.2. The maximum Gasteiger partial charge on any atom is 0.261 e. The van der Waals surface area contributed by atoms with Crippen molar-refractivity contribution in [1.29, 1.82) is 0 Å². The van der Waals surface area contributed by atoms with Gasteiger partial charge in [-0.15, -0.1) is 0 Å². The average Bonchev–Trinajstić information content (AvgIpc) is 2.77. The van der Waals surface area contributed by atoms with Crippen LogP contribution in [0.5, 0.6) is 5.75 Å². The molecule has 1 aliphatic carbocycles. The van der Waals surface area contributed by atoms with E-state index in [4.69, 9.17) is 4.74 Å². The Bertz CT molecular complexity index is 837. The molecule has 3 rings (SSSR count). The molecule has 0 bridgehead atoms. The Morgan fingerprint density at radius 2 is 1.83 bits per heavy atom. The van der Waals surface area contributed by atoms with Crippen molar-refractivity contribution in [2.75, 3.05) is 6.61 Å². The Labute approximate surface area is 186 Å². The van der Waals surface area contributed by atoms with Crippen LogP contribution < -0.4 is 10.1 Å². The Morgan fingerprint density at radius 3 is 2.53 bits per heavy atom. The Kier molecular flexibility index (Phi) is 8.31. The predicted octanol–water partition coefficient (Wildman–Crippen LogP) is 4.69. The van der Waals surface area contributed by atoms with E-state index in [1.807, 2.05) is 54.6 Å². The van der Waals surface area contributed by atoms with Crippen molar-refractivity contribution in [3.05, 3.63) is 64.6 Å². The van der Waals surface area contributed by atoms with Crippen LogP contribution in [0, 0.1) is 0 Å². The quantitative estimate of drug-likeness (QED) is 0.605. The monoisotopic (exact) mass is 472 g/mol. The van der Waals surface area contributed by atoms with Gasteiger partial charge < -0.3 is 15.0 Å². The van der Waals surface area contributed by atoms with E-state index in [9.17, 15) is 9.59 Å². The lowest BCUT2D eigenvalue weighted by molar-refractivity contribution is -0.142. The predicted molar refractivity (Wildman–Crippen MR) is 121 cm³/mol. The topological polar surface area (TPSA) is 58.6 Å². The lowest BCUT2D eigenvalue weighted by Gasteiger charge is -2.31. The van der Waals surface area contributed by atoms with Gasteiger partial charge in [-0.05, 0) is 49.6 Å². The van der Waals surface area contributed by atoms with E-state index in [0.29, 0.717) is 12.3 Å². The number of hydrogen-bond donors (Lipinski definition) is 1. The smallest absolute Gasteiger partial charge is 0.261 e. The number of ether oxygens (including phenoxy) is 1. The molecule has 5 nitrogen and oxygen atoms in total. The first-order valence-electron chi connectivity index (χ1n) is 10.5. The fourth-order valence-electron chi connectivity index (χ4n) is 3.73. The van der Waals surface area contributed by atoms with Crippen molar-refractivity contribution < 1.29 is 14.3 Å². The molecule has 0 heterocycles. The summed E-state index contributed by atoms with van der Waals surface area (Å²) in [5.41, 5.74) is 0.953. The molecule has 30 heavy (non-hydrogen) atoms. The van der Waals surface area contributed by atoms with Crippen molar-refractivity contribution in [3.63, 3.8) is 0 Å². The highest BCUT2D eigenvalue weighted by atomic mass is 79.9. The number of halogens is 1. The van der Waals surface area contributed by atoms with E-state index >= 15 is 0 Å². The molecule has 160 valence electrons. The maximum absolute atomic E-state index is 13.1. The minimum atomic E-state index is -0.585. The first-order chi connectivity index (χ1) is 14.5. The molecule has 0 aromatic heterocycles. The minimum Gasteiger partial charge on any atom is -0.484 e. The lowest BCUT2D eigenvalue weighted by Crippen LogP contribution is -2.51. The van der Waals surface area contributed by atoms with Gasteiger partial charge in [-0.2, -0.15) is 0 Å². The van der Waals surface area contributed by atoms with E-state index in [2.05, 4.69) is 21.2 Å². The van der Waals surface area contributed by atoms with E-state index in [1.54, 1.807) is 11.8 Å². The number of nitrogens with zero attached hydrogens (tertiary/aromatic N) is 1. The molecule has 2 amide bonds. The second-order valence-electron chi connectivity index (χ2n) is 7.77. The van der Waals surface area contributed by atoms with Crippen LogP contribution in [0.3, 0.4) is 0 Å². The number of rotatable bonds is 8. The standard InChI is InChI=1S/C24H29BrN2O3/c1-18(24(29)26-21-11-4-2-5-12-21)27(16-19-9-8-10-20(25)15-19)23(28)17-30-22-13-6-3-7-14-22/h3,6-10,13-15,18,21H,2,4-5,11-12,16-17H2,1H3,(H,26,29)/t18-/m1/s1. The summed E-state index contributed by atoms with van der Waals surface area (Å²) in [6.45, 7) is 2.02. The number of hydrogen-bond acceptors (Lipinski definition) is 3. The van der Waals surface area contributed by atoms with Gasteiger partial charge in [-0.3, -0.25) is 9.59 Å². The number of benzene rings is 2. The first-order valence-corrected chi connectivity index (χ1v) is 11.3. The summed E-state index contributed by atoms with van der Waals surface area (Å²) in [6, 6.07) is 16.6. The van der Waals surface area contributed by atoms with Gasteiger partial charge in [0, 0.05) is 17.1 Å². The van der Waals surface area contributed by atoms with Crippen molar-refractivity contribution in [3.8, 4) is 5.75 Å². The summed E-state index contributed by atoms with van der Waals surface area (Å²) >= 11 is 3.47. The molecule has 2 aromatic carbocycles. The summed E-state index contributed by atoms with van der Waals surface area (Å²) < 4.78 is 6.60. The average molecular weight is 473 g/mol. The molecule has 1 aliphatic rings. The highest BCUT2D eigenvalue weighted by molar-refractivity contribution is 9.10. The van der Waals surface area contributed by atoms with Crippen LogP contribution in [0.4, 0.5) is 0 Å². The van der Waals surface area contributed by atoms with Crippen LogP contribution >= 0.6 is 15.9 Å². The Morgan fingerprint density at radius 1 is 1.10 bits per heavy atom. The zero-order valence-electron chi connectivity index (χ0n) is 17.4. The zero-order chi connectivity index (χ0) is 21.3. The van der Waals surface area contributed by atoms with E-state index in [-0.39, 0.29) is 24.5 Å². The normalized spacial score (nSPS) is 15.3. The SMILES string of the molecule is C[C@H](C(=O)NC1CCCCC1)N(Cc1cccc(Br)c1)C(=O)COc1ccccc1. The molecular formula is C24H29BrN2O3. The number of amides is 2. The molecule has 0 saturated heterocycles. The van der Waals surface area contributed by atoms with Gasteiger partial charge in [0.25, 0.3) is 5.91 Å². The van der Waals surface area contributed by atoms with Crippen LogP contribution in [0.1, 0.15) is 44.6 Å². The Hall–Kier alpha value is -2.34. The van der Waals surface area contributed by atoms with Crippen LogP contribution in [-0.2, 0) is 16.1 Å². The molecule has 0 radical (unpaired) electrons. The zero-order valence-corrected chi connectivity index (χ0v) is 18.9. The highest BCUT2D eigenvalue weighted by Gasteiger charge is 2.28. The van der Waals surface area contributed by atoms with Crippen LogP contribution in [-0.4, -0.2) is 35.4 Å². The fourth-order valence-corrected chi connectivity index (χ4v) is 4.17. The van der Waals surface area contributed by atoms with Crippen LogP contribution in [0.15, 0.2) is 59.1 Å². The van der Waals surface area contributed by atoms with E-state index in [1.165, 1.54) is 6.42 Å². The van der Waals surface area contributed by atoms with Gasteiger partial charge in [0.15, 0.2) is 6.61 Å². The molecule has 1 fully saturated rings. The molecule has 1 atom stereocenters. The van der Waals surface area contributed by atoms with Gasteiger partial charge in [0.2, 0.25) is 5.91 Å². The van der Waals surface area contributed by atoms with Crippen LogP contribution in [0.2, 0.25) is 0 Å². The van der Waals surface area contributed by atoms with Crippen LogP contribution in [0.25, 0.3) is 0 Å². The lowest BCUT2D eigenvalue weighted by atomic mass is 9.95. The molecule has 0 spiro atoms. The number of carbonyl (C=O) groups is 2. The van der Waals surface area contributed by atoms with Gasteiger partial charge in [-0.1, -0.05) is 65.5 Å². The van der Waals surface area contributed by atoms with Crippen molar-refractivity contribution >= 4 is 27.7 Å². The highest BCUT2D eigenvalue weighted by Crippen LogP contribution is 2.19. The second-order valence-corrected chi connectivity index (χ2v) is 8.69. The van der Waals surface area contributed by atoms with Crippen molar-refractivity contribution in [2.45, 2.75) is 57.7 Å². The fraction of sp³-hybridized carbons (Fsp3) is 0.417.